The highest BCUT2D eigenvalue weighted by molar-refractivity contribution is 5.98. The van der Waals surface area contributed by atoms with Crippen LogP contribution in [0.5, 0.6) is 5.75 Å². The van der Waals surface area contributed by atoms with Crippen LogP contribution < -0.4 is 4.74 Å². The Morgan fingerprint density at radius 3 is 2.75 bits per heavy atom. The summed E-state index contributed by atoms with van der Waals surface area (Å²) in [5.41, 5.74) is 1.06. The summed E-state index contributed by atoms with van der Waals surface area (Å²) in [4.78, 5) is 16.7. The summed E-state index contributed by atoms with van der Waals surface area (Å²) in [7, 11) is 3.20. The molecule has 0 aliphatic carbocycles. The SMILES string of the molecule is COc1c(C(=O)OC(C)c2ccccc2F)cnc2c1cnn2C. The smallest absolute Gasteiger partial charge is 0.344 e. The maximum atomic E-state index is 13.8. The van der Waals surface area contributed by atoms with Crippen molar-refractivity contribution in [2.45, 2.75) is 13.0 Å². The van der Waals surface area contributed by atoms with Gasteiger partial charge in [-0.05, 0) is 13.0 Å². The number of esters is 1. The molecule has 2 heterocycles. The van der Waals surface area contributed by atoms with Crippen molar-refractivity contribution >= 4 is 17.0 Å². The van der Waals surface area contributed by atoms with Crippen LogP contribution in [0.25, 0.3) is 11.0 Å². The molecule has 1 aromatic carbocycles. The van der Waals surface area contributed by atoms with Gasteiger partial charge in [-0.15, -0.1) is 0 Å². The van der Waals surface area contributed by atoms with E-state index in [9.17, 15) is 9.18 Å². The summed E-state index contributed by atoms with van der Waals surface area (Å²) in [6.07, 6.45) is 2.20. The van der Waals surface area contributed by atoms with Gasteiger partial charge in [-0.25, -0.2) is 14.2 Å². The zero-order valence-electron chi connectivity index (χ0n) is 13.5. The van der Waals surface area contributed by atoms with Crippen LogP contribution in [0.2, 0.25) is 0 Å². The van der Waals surface area contributed by atoms with Gasteiger partial charge in [0.1, 0.15) is 23.2 Å². The number of hydrogen-bond acceptors (Lipinski definition) is 5. The molecular weight excluding hydrogens is 313 g/mol. The van der Waals surface area contributed by atoms with E-state index in [0.717, 1.165) is 0 Å². The number of nitrogens with zero attached hydrogens (tertiary/aromatic N) is 3. The molecule has 0 saturated carbocycles. The van der Waals surface area contributed by atoms with Crippen molar-refractivity contribution < 1.29 is 18.7 Å². The number of carbonyl (C=O) groups excluding carboxylic acids is 1. The van der Waals surface area contributed by atoms with Gasteiger partial charge in [0.05, 0.1) is 18.7 Å². The zero-order valence-corrected chi connectivity index (χ0v) is 13.5. The van der Waals surface area contributed by atoms with E-state index in [-0.39, 0.29) is 5.56 Å². The number of ether oxygens (including phenoxy) is 2. The lowest BCUT2D eigenvalue weighted by Crippen LogP contribution is -2.12. The fourth-order valence-corrected chi connectivity index (χ4v) is 2.53. The van der Waals surface area contributed by atoms with E-state index in [1.54, 1.807) is 43.0 Å². The van der Waals surface area contributed by atoms with Gasteiger partial charge < -0.3 is 9.47 Å². The molecule has 3 aromatic rings. The van der Waals surface area contributed by atoms with Gasteiger partial charge in [0, 0.05) is 18.8 Å². The molecule has 1 unspecified atom stereocenters. The van der Waals surface area contributed by atoms with E-state index < -0.39 is 17.9 Å². The Balaban J connectivity index is 1.93. The third-order valence-electron chi connectivity index (χ3n) is 3.76. The van der Waals surface area contributed by atoms with Crippen LogP contribution in [0.3, 0.4) is 0 Å². The molecule has 0 bridgehead atoms. The summed E-state index contributed by atoms with van der Waals surface area (Å²) in [6.45, 7) is 1.61. The first kappa shape index (κ1) is 15.9. The number of hydrogen-bond donors (Lipinski definition) is 0. The molecule has 7 heteroatoms. The second-order valence-corrected chi connectivity index (χ2v) is 5.28. The summed E-state index contributed by atoms with van der Waals surface area (Å²) in [5, 5.41) is 4.70. The average Bonchev–Trinajstić information content (AvgIpc) is 2.95. The Morgan fingerprint density at radius 2 is 2.04 bits per heavy atom. The lowest BCUT2D eigenvalue weighted by atomic mass is 10.1. The van der Waals surface area contributed by atoms with E-state index in [4.69, 9.17) is 9.47 Å². The number of halogens is 1. The number of benzene rings is 1. The number of aromatic nitrogens is 3. The molecule has 24 heavy (non-hydrogen) atoms. The molecule has 1 atom stereocenters. The monoisotopic (exact) mass is 329 g/mol. The number of aryl methyl sites for hydroxylation is 1. The molecule has 0 fully saturated rings. The highest BCUT2D eigenvalue weighted by Gasteiger charge is 2.22. The minimum Gasteiger partial charge on any atom is -0.495 e. The molecule has 0 radical (unpaired) electrons. The second kappa shape index (κ2) is 6.27. The molecule has 0 aliphatic rings. The van der Waals surface area contributed by atoms with Crippen LogP contribution in [0, 0.1) is 5.82 Å². The first-order valence-corrected chi connectivity index (χ1v) is 7.33. The van der Waals surface area contributed by atoms with Crippen LogP contribution in [-0.2, 0) is 11.8 Å². The minimum atomic E-state index is -0.743. The lowest BCUT2D eigenvalue weighted by molar-refractivity contribution is 0.0327. The largest absolute Gasteiger partial charge is 0.495 e. The van der Waals surface area contributed by atoms with Crippen LogP contribution in [0.15, 0.2) is 36.7 Å². The van der Waals surface area contributed by atoms with E-state index in [2.05, 4.69) is 10.1 Å². The fraction of sp³-hybridized carbons (Fsp3) is 0.235. The fourth-order valence-electron chi connectivity index (χ4n) is 2.53. The molecule has 124 valence electrons. The number of rotatable bonds is 4. The predicted molar refractivity (Wildman–Crippen MR) is 85.3 cm³/mol. The molecule has 0 amide bonds. The van der Waals surface area contributed by atoms with Crippen molar-refractivity contribution in [1.82, 2.24) is 14.8 Å². The Hall–Kier alpha value is -2.96. The summed E-state index contributed by atoms with van der Waals surface area (Å²) < 4.78 is 26.1. The maximum Gasteiger partial charge on any atom is 0.344 e. The molecule has 0 spiro atoms. The third-order valence-corrected chi connectivity index (χ3v) is 3.76. The Kier molecular flexibility index (Phi) is 4.16. The molecule has 0 saturated heterocycles. The molecule has 3 rings (SSSR count). The molecular formula is C17H16FN3O3. The molecule has 6 nitrogen and oxygen atoms in total. The van der Waals surface area contributed by atoms with E-state index in [1.165, 1.54) is 19.4 Å². The Bertz CT molecular complexity index is 907. The van der Waals surface area contributed by atoms with E-state index in [0.29, 0.717) is 22.3 Å². The van der Waals surface area contributed by atoms with Crippen molar-refractivity contribution in [1.29, 1.82) is 0 Å². The topological polar surface area (TPSA) is 66.2 Å². The standard InChI is InChI=1S/C17H16FN3O3/c1-10(11-6-4-5-7-14(11)18)24-17(22)13-8-19-16-12(15(13)23-3)9-20-21(16)2/h4-10H,1-3H3. The van der Waals surface area contributed by atoms with Crippen molar-refractivity contribution in [3.05, 3.63) is 53.6 Å². The first-order chi connectivity index (χ1) is 11.5. The second-order valence-electron chi connectivity index (χ2n) is 5.28. The van der Waals surface area contributed by atoms with Gasteiger partial charge in [0.25, 0.3) is 0 Å². The van der Waals surface area contributed by atoms with Crippen molar-refractivity contribution in [2.75, 3.05) is 7.11 Å². The van der Waals surface area contributed by atoms with Crippen LogP contribution >= 0.6 is 0 Å². The van der Waals surface area contributed by atoms with Crippen LogP contribution in [0.1, 0.15) is 28.9 Å². The minimum absolute atomic E-state index is 0.168. The zero-order chi connectivity index (χ0) is 17.3. The normalized spacial score (nSPS) is 12.2. The molecule has 2 aromatic heterocycles. The lowest BCUT2D eigenvalue weighted by Gasteiger charge is -2.15. The highest BCUT2D eigenvalue weighted by atomic mass is 19.1. The van der Waals surface area contributed by atoms with E-state index in [1.807, 2.05) is 0 Å². The Labute approximate surface area is 137 Å². The van der Waals surface area contributed by atoms with Gasteiger partial charge in [-0.3, -0.25) is 4.68 Å². The third kappa shape index (κ3) is 2.68. The number of methoxy groups -OCH3 is 1. The maximum absolute atomic E-state index is 13.8. The first-order valence-electron chi connectivity index (χ1n) is 7.33. The summed E-state index contributed by atoms with van der Waals surface area (Å²) >= 11 is 0. The van der Waals surface area contributed by atoms with Gasteiger partial charge in [-0.1, -0.05) is 18.2 Å². The quantitative estimate of drug-likeness (QED) is 0.688. The van der Waals surface area contributed by atoms with Gasteiger partial charge in [0.2, 0.25) is 0 Å². The number of pyridine rings is 1. The van der Waals surface area contributed by atoms with Crippen LogP contribution in [0.4, 0.5) is 4.39 Å². The van der Waals surface area contributed by atoms with Crippen molar-refractivity contribution in [2.24, 2.45) is 7.05 Å². The molecule has 0 N–H and O–H groups in total. The Morgan fingerprint density at radius 1 is 1.29 bits per heavy atom. The molecule has 0 aliphatic heterocycles. The van der Waals surface area contributed by atoms with Crippen LogP contribution in [-0.4, -0.2) is 27.8 Å². The van der Waals surface area contributed by atoms with Gasteiger partial charge >= 0.3 is 5.97 Å². The van der Waals surface area contributed by atoms with E-state index >= 15 is 0 Å². The average molecular weight is 329 g/mol. The number of carbonyl (C=O) groups is 1. The highest BCUT2D eigenvalue weighted by Crippen LogP contribution is 2.30. The predicted octanol–water partition coefficient (Wildman–Crippen LogP) is 3.03. The van der Waals surface area contributed by atoms with Crippen molar-refractivity contribution in [3.63, 3.8) is 0 Å². The number of fused-ring (bicyclic) bond motifs is 1. The van der Waals surface area contributed by atoms with Crippen molar-refractivity contribution in [3.8, 4) is 5.75 Å². The summed E-state index contributed by atoms with van der Waals surface area (Å²) in [5.74, 6) is -0.731. The van der Waals surface area contributed by atoms with Gasteiger partial charge in [0.15, 0.2) is 5.65 Å². The van der Waals surface area contributed by atoms with Gasteiger partial charge in [-0.2, -0.15) is 5.10 Å². The summed E-state index contributed by atoms with van der Waals surface area (Å²) in [6, 6.07) is 6.17.